The van der Waals surface area contributed by atoms with E-state index in [1.54, 1.807) is 43.3 Å². The fraction of sp³-hybridized carbons (Fsp3) is 0.400. The topological polar surface area (TPSA) is 117 Å². The Labute approximate surface area is 304 Å². The predicted octanol–water partition coefficient (Wildman–Crippen LogP) is 7.21. The van der Waals surface area contributed by atoms with E-state index in [2.05, 4.69) is 5.16 Å². The van der Waals surface area contributed by atoms with Gasteiger partial charge >= 0.3 is 6.18 Å². The molecule has 0 spiro atoms. The molecule has 10 nitrogen and oxygen atoms in total. The second-order valence-corrected chi connectivity index (χ2v) is 14.2. The summed E-state index contributed by atoms with van der Waals surface area (Å²) in [6.07, 6.45) is -6.56. The van der Waals surface area contributed by atoms with Gasteiger partial charge in [0, 0.05) is 25.7 Å². The van der Waals surface area contributed by atoms with E-state index >= 15 is 13.2 Å². The zero-order valence-electron chi connectivity index (χ0n) is 29.9. The number of ether oxygens (including phenoxy) is 4. The Bertz CT molecular complexity index is 2040. The van der Waals surface area contributed by atoms with Gasteiger partial charge in [0.1, 0.15) is 24.5 Å². The maximum atomic E-state index is 15.2. The van der Waals surface area contributed by atoms with Crippen molar-refractivity contribution >= 4 is 17.3 Å². The number of nitrogens with zero attached hydrogens (tertiary/aromatic N) is 2. The van der Waals surface area contributed by atoms with Crippen LogP contribution in [0, 0.1) is 23.2 Å². The van der Waals surface area contributed by atoms with Gasteiger partial charge in [0.05, 0.1) is 28.5 Å². The number of aromatic nitrogens is 1. The van der Waals surface area contributed by atoms with Gasteiger partial charge in [0.15, 0.2) is 29.4 Å². The summed E-state index contributed by atoms with van der Waals surface area (Å²) in [4.78, 5) is 46.1. The van der Waals surface area contributed by atoms with E-state index in [1.807, 2.05) is 36.4 Å². The van der Waals surface area contributed by atoms with Gasteiger partial charge in [-0.3, -0.25) is 19.3 Å². The van der Waals surface area contributed by atoms with Crippen LogP contribution in [0.2, 0.25) is 0 Å². The van der Waals surface area contributed by atoms with Crippen molar-refractivity contribution in [1.82, 2.24) is 10.1 Å². The van der Waals surface area contributed by atoms with E-state index in [0.29, 0.717) is 5.56 Å². The summed E-state index contributed by atoms with van der Waals surface area (Å²) in [5, 5.41) is 4.10. The number of hydrogen-bond acceptors (Lipinski definition) is 10. The summed E-state index contributed by atoms with van der Waals surface area (Å²) in [5.41, 5.74) is -2.24. The van der Waals surface area contributed by atoms with Gasteiger partial charge in [-0.25, -0.2) is 0 Å². The third-order valence-corrected chi connectivity index (χ3v) is 11.0. The van der Waals surface area contributed by atoms with E-state index in [4.69, 9.17) is 23.5 Å². The van der Waals surface area contributed by atoms with Crippen LogP contribution in [-0.4, -0.2) is 55.7 Å². The second kappa shape index (κ2) is 13.9. The monoisotopic (exact) mass is 732 g/mol. The molecule has 3 aliphatic rings. The Hall–Kier alpha value is -4.85. The molecule has 1 aromatic heterocycles. The SMILES string of the molecule is COC(OC)c1cc(OCc2ccccc2)c2c(c1C(F)(F)F)CC1CC3C(N(C)C)c4onc(OCc5ccccc5)c4C(=O)C3(C)C(=O)C1C2=O. The molecule has 1 fully saturated rings. The molecule has 0 saturated heterocycles. The van der Waals surface area contributed by atoms with Gasteiger partial charge in [-0.05, 0) is 67.7 Å². The number of carbonyl (C=O) groups excluding carboxylic acids is 3. The number of carbonyl (C=O) groups is 3. The molecule has 3 aromatic carbocycles. The molecule has 0 N–H and O–H groups in total. The second-order valence-electron chi connectivity index (χ2n) is 14.2. The fourth-order valence-corrected chi connectivity index (χ4v) is 8.58. The van der Waals surface area contributed by atoms with Crippen LogP contribution in [0.1, 0.15) is 80.0 Å². The standard InChI is InChI=1S/C40H39F3N2O8/c1-39-26(32(45(2)3)34-30(36(39)48)37(44-53-34)52-20-22-14-10-7-11-15-22)17-23-16-24-29(33(46)28(23)35(39)47)27(51-19-21-12-8-6-9-13-21)18-25(38(49-4)50-5)31(24)40(41,42)43/h6-15,18,23,26,28,32,38H,16-17,19-20H2,1-5H3. The molecular weight excluding hydrogens is 693 g/mol. The van der Waals surface area contributed by atoms with Crippen molar-refractivity contribution < 1.29 is 51.0 Å². The lowest BCUT2D eigenvalue weighted by molar-refractivity contribution is -0.148. The van der Waals surface area contributed by atoms with Gasteiger partial charge in [-0.2, -0.15) is 13.2 Å². The van der Waals surface area contributed by atoms with Crippen LogP contribution in [-0.2, 0) is 40.1 Å². The van der Waals surface area contributed by atoms with E-state index in [9.17, 15) is 14.4 Å². The highest BCUT2D eigenvalue weighted by Crippen LogP contribution is 2.60. The van der Waals surface area contributed by atoms with Crippen LogP contribution in [0.5, 0.6) is 11.6 Å². The van der Waals surface area contributed by atoms with E-state index in [0.717, 1.165) is 11.6 Å². The third kappa shape index (κ3) is 6.04. The van der Waals surface area contributed by atoms with Gasteiger partial charge in [-0.1, -0.05) is 60.7 Å². The maximum Gasteiger partial charge on any atom is 0.417 e. The minimum absolute atomic E-state index is 0.0231. The van der Waals surface area contributed by atoms with Crippen LogP contribution < -0.4 is 9.47 Å². The maximum absolute atomic E-state index is 15.2. The number of alkyl halides is 3. The molecule has 0 amide bonds. The van der Waals surface area contributed by atoms with Crippen molar-refractivity contribution in [1.29, 1.82) is 0 Å². The highest BCUT2D eigenvalue weighted by Gasteiger charge is 2.66. The van der Waals surface area contributed by atoms with Gasteiger partial charge in [0.2, 0.25) is 0 Å². The first-order chi connectivity index (χ1) is 25.3. The molecule has 0 radical (unpaired) electrons. The first kappa shape index (κ1) is 36.5. The van der Waals surface area contributed by atoms with Crippen LogP contribution in [0.3, 0.4) is 0 Å². The number of hydrogen-bond donors (Lipinski definition) is 0. The molecule has 5 atom stereocenters. The smallest absolute Gasteiger partial charge is 0.417 e. The Morgan fingerprint density at radius 3 is 2.09 bits per heavy atom. The zero-order valence-corrected chi connectivity index (χ0v) is 29.9. The summed E-state index contributed by atoms with van der Waals surface area (Å²) in [7, 11) is 5.96. The first-order valence-electron chi connectivity index (χ1n) is 17.3. The van der Waals surface area contributed by atoms with Crippen molar-refractivity contribution in [2.24, 2.45) is 23.2 Å². The Morgan fingerprint density at radius 1 is 0.925 bits per heavy atom. The van der Waals surface area contributed by atoms with Crippen LogP contribution in [0.4, 0.5) is 13.2 Å². The number of ketones is 3. The molecular formula is C40H39F3N2O8. The van der Waals surface area contributed by atoms with Crippen molar-refractivity contribution in [3.05, 3.63) is 111 Å². The lowest BCUT2D eigenvalue weighted by atomic mass is 9.49. The first-order valence-corrected chi connectivity index (χ1v) is 17.3. The summed E-state index contributed by atoms with van der Waals surface area (Å²) in [6.45, 7) is 1.53. The number of methoxy groups -OCH3 is 2. The molecule has 4 aromatic rings. The van der Waals surface area contributed by atoms with E-state index < -0.39 is 64.6 Å². The van der Waals surface area contributed by atoms with Crippen LogP contribution in [0.25, 0.3) is 0 Å². The molecule has 7 rings (SSSR count). The van der Waals surface area contributed by atoms with E-state index in [1.165, 1.54) is 21.1 Å². The van der Waals surface area contributed by atoms with Crippen LogP contribution in [0.15, 0.2) is 71.3 Å². The Balaban J connectivity index is 1.34. The number of benzene rings is 3. The molecule has 0 bridgehead atoms. The summed E-state index contributed by atoms with van der Waals surface area (Å²) in [5.74, 6) is -5.10. The fourth-order valence-electron chi connectivity index (χ4n) is 8.58. The highest BCUT2D eigenvalue weighted by atomic mass is 19.4. The van der Waals surface area contributed by atoms with Crippen molar-refractivity contribution in [2.75, 3.05) is 28.3 Å². The average Bonchev–Trinajstić information content (AvgIpc) is 3.55. The van der Waals surface area contributed by atoms with Crippen LogP contribution >= 0.6 is 0 Å². The summed E-state index contributed by atoms with van der Waals surface area (Å²) >= 11 is 0. The van der Waals surface area contributed by atoms with Gasteiger partial charge in [-0.15, -0.1) is 0 Å². The minimum atomic E-state index is -4.93. The third-order valence-electron chi connectivity index (χ3n) is 11.0. The number of fused-ring (bicyclic) bond motifs is 4. The number of halogens is 3. The molecule has 0 aliphatic heterocycles. The Kier molecular flexibility index (Phi) is 9.54. The molecule has 1 saturated carbocycles. The summed E-state index contributed by atoms with van der Waals surface area (Å²) < 4.78 is 73.9. The molecule has 5 unspecified atom stereocenters. The molecule has 13 heteroatoms. The van der Waals surface area contributed by atoms with Gasteiger partial charge < -0.3 is 23.5 Å². The van der Waals surface area contributed by atoms with Gasteiger partial charge in [0.25, 0.3) is 5.88 Å². The molecule has 53 heavy (non-hydrogen) atoms. The largest absolute Gasteiger partial charge is 0.488 e. The lowest BCUT2D eigenvalue weighted by Gasteiger charge is -2.52. The highest BCUT2D eigenvalue weighted by molar-refractivity contribution is 6.24. The van der Waals surface area contributed by atoms with Crippen molar-refractivity contribution in [3.63, 3.8) is 0 Å². The Morgan fingerprint density at radius 2 is 1.53 bits per heavy atom. The zero-order chi connectivity index (χ0) is 37.8. The van der Waals surface area contributed by atoms with Crippen molar-refractivity contribution in [2.45, 2.75) is 51.5 Å². The normalized spacial score (nSPS) is 23.8. The van der Waals surface area contributed by atoms with E-state index in [-0.39, 0.29) is 65.7 Å². The molecule has 278 valence electrons. The predicted molar refractivity (Wildman–Crippen MR) is 183 cm³/mol. The molecule has 1 heterocycles. The number of Topliss-reactive ketones (excluding diaryl/α,β-unsaturated/α-hetero) is 3. The lowest BCUT2D eigenvalue weighted by Crippen LogP contribution is -2.60. The summed E-state index contributed by atoms with van der Waals surface area (Å²) in [6, 6.07) is 18.6. The number of rotatable bonds is 10. The quantitative estimate of drug-likeness (QED) is 0.122. The van der Waals surface area contributed by atoms with Crippen molar-refractivity contribution in [3.8, 4) is 11.6 Å². The minimum Gasteiger partial charge on any atom is -0.488 e. The molecule has 3 aliphatic carbocycles. The average molecular weight is 733 g/mol.